The number of halogens is 1. The van der Waals surface area contributed by atoms with E-state index in [1.54, 1.807) is 14.2 Å². The minimum absolute atomic E-state index is 0.669. The van der Waals surface area contributed by atoms with Crippen LogP contribution in [0.4, 0.5) is 0 Å². The highest BCUT2D eigenvalue weighted by Crippen LogP contribution is 2.32. The summed E-state index contributed by atoms with van der Waals surface area (Å²) in [5.41, 5.74) is 1.09. The van der Waals surface area contributed by atoms with Crippen molar-refractivity contribution in [3.8, 4) is 11.5 Å². The van der Waals surface area contributed by atoms with E-state index in [9.17, 15) is 0 Å². The lowest BCUT2D eigenvalue weighted by Gasteiger charge is -2.12. The molecule has 1 aromatic rings. The second-order valence-electron chi connectivity index (χ2n) is 3.76. The molecule has 0 fully saturated rings. The number of benzene rings is 1. The molecule has 1 rings (SSSR count). The van der Waals surface area contributed by atoms with Crippen molar-refractivity contribution in [2.45, 2.75) is 6.42 Å². The molecule has 0 aliphatic carbocycles. The van der Waals surface area contributed by atoms with Crippen LogP contribution in [0.2, 0.25) is 0 Å². The van der Waals surface area contributed by atoms with Gasteiger partial charge >= 0.3 is 0 Å². The molecule has 0 heterocycles. The Bertz CT molecular complexity index is 371. The predicted octanol–water partition coefficient (Wildman–Crippen LogP) is 2.24. The molecule has 4 nitrogen and oxygen atoms in total. The Morgan fingerprint density at radius 1 is 1.11 bits per heavy atom. The Morgan fingerprint density at radius 3 is 2.44 bits per heavy atom. The molecule has 1 aromatic carbocycles. The molecular formula is C13H20BrNO3. The topological polar surface area (TPSA) is 39.7 Å². The van der Waals surface area contributed by atoms with Crippen LogP contribution in [-0.4, -0.2) is 41.0 Å². The summed E-state index contributed by atoms with van der Waals surface area (Å²) in [6.45, 7) is 2.25. The van der Waals surface area contributed by atoms with E-state index in [4.69, 9.17) is 14.2 Å². The third-order valence-electron chi connectivity index (χ3n) is 2.57. The summed E-state index contributed by atoms with van der Waals surface area (Å²) in [4.78, 5) is 0. The van der Waals surface area contributed by atoms with E-state index in [1.807, 2.05) is 19.2 Å². The third kappa shape index (κ3) is 4.48. The van der Waals surface area contributed by atoms with Gasteiger partial charge < -0.3 is 19.5 Å². The van der Waals surface area contributed by atoms with Crippen LogP contribution in [0.25, 0.3) is 0 Å². The van der Waals surface area contributed by atoms with E-state index in [0.717, 1.165) is 34.5 Å². The molecule has 102 valence electrons. The van der Waals surface area contributed by atoms with Crippen molar-refractivity contribution in [1.29, 1.82) is 0 Å². The molecule has 0 radical (unpaired) electrons. The van der Waals surface area contributed by atoms with Gasteiger partial charge in [-0.2, -0.15) is 0 Å². The first kappa shape index (κ1) is 15.3. The Kier molecular flexibility index (Phi) is 7.08. The van der Waals surface area contributed by atoms with Crippen molar-refractivity contribution in [2.24, 2.45) is 0 Å². The highest BCUT2D eigenvalue weighted by atomic mass is 79.9. The number of hydrogen-bond donors (Lipinski definition) is 1. The van der Waals surface area contributed by atoms with Crippen molar-refractivity contribution < 1.29 is 14.2 Å². The summed E-state index contributed by atoms with van der Waals surface area (Å²) >= 11 is 3.44. The first-order valence-corrected chi connectivity index (χ1v) is 6.65. The third-order valence-corrected chi connectivity index (χ3v) is 3.19. The van der Waals surface area contributed by atoms with Gasteiger partial charge in [0, 0.05) is 12.1 Å². The van der Waals surface area contributed by atoms with Gasteiger partial charge in [0.2, 0.25) is 0 Å². The fourth-order valence-electron chi connectivity index (χ4n) is 1.58. The van der Waals surface area contributed by atoms with Crippen LogP contribution in [0.5, 0.6) is 11.5 Å². The Labute approximate surface area is 117 Å². The van der Waals surface area contributed by atoms with Gasteiger partial charge in [0.25, 0.3) is 0 Å². The Balaban J connectivity index is 2.62. The Morgan fingerprint density at radius 2 is 1.83 bits per heavy atom. The largest absolute Gasteiger partial charge is 0.496 e. The maximum Gasteiger partial charge on any atom is 0.133 e. The molecule has 0 aliphatic rings. The van der Waals surface area contributed by atoms with Gasteiger partial charge in [-0.15, -0.1) is 0 Å². The molecule has 0 unspecified atom stereocenters. The molecule has 0 bridgehead atoms. The molecule has 0 aliphatic heterocycles. The highest BCUT2D eigenvalue weighted by Gasteiger charge is 2.09. The maximum absolute atomic E-state index is 5.51. The van der Waals surface area contributed by atoms with Crippen LogP contribution in [0.3, 0.4) is 0 Å². The normalized spacial score (nSPS) is 10.4. The van der Waals surface area contributed by atoms with Gasteiger partial charge in [-0.05, 0) is 41.5 Å². The van der Waals surface area contributed by atoms with Crippen LogP contribution in [0.1, 0.15) is 5.56 Å². The second-order valence-corrected chi connectivity index (χ2v) is 4.62. The number of ether oxygens (including phenoxy) is 3. The van der Waals surface area contributed by atoms with Gasteiger partial charge in [0.1, 0.15) is 11.5 Å². The summed E-state index contributed by atoms with van der Waals surface area (Å²) in [7, 11) is 5.23. The first-order valence-electron chi connectivity index (χ1n) is 5.85. The van der Waals surface area contributed by atoms with Crippen molar-refractivity contribution in [1.82, 2.24) is 5.32 Å². The number of nitrogens with one attached hydrogen (secondary N) is 1. The van der Waals surface area contributed by atoms with Crippen LogP contribution >= 0.6 is 15.9 Å². The van der Waals surface area contributed by atoms with E-state index in [0.29, 0.717) is 13.2 Å². The molecule has 1 N–H and O–H groups in total. The van der Waals surface area contributed by atoms with E-state index >= 15 is 0 Å². The molecule has 5 heteroatoms. The summed E-state index contributed by atoms with van der Waals surface area (Å²) in [5, 5.41) is 3.04. The highest BCUT2D eigenvalue weighted by molar-refractivity contribution is 9.10. The molecule has 0 saturated heterocycles. The van der Waals surface area contributed by atoms with E-state index in [1.165, 1.54) is 0 Å². The van der Waals surface area contributed by atoms with Crippen molar-refractivity contribution in [2.75, 3.05) is 41.0 Å². The van der Waals surface area contributed by atoms with Gasteiger partial charge in [-0.1, -0.05) is 0 Å². The van der Waals surface area contributed by atoms with Gasteiger partial charge in [-0.3, -0.25) is 0 Å². The second kappa shape index (κ2) is 8.34. The fourth-order valence-corrected chi connectivity index (χ4v) is 2.06. The van der Waals surface area contributed by atoms with Crippen molar-refractivity contribution >= 4 is 15.9 Å². The van der Waals surface area contributed by atoms with E-state index in [2.05, 4.69) is 21.2 Å². The van der Waals surface area contributed by atoms with Crippen molar-refractivity contribution in [3.05, 3.63) is 22.2 Å². The van der Waals surface area contributed by atoms with Crippen molar-refractivity contribution in [3.63, 3.8) is 0 Å². The maximum atomic E-state index is 5.51. The van der Waals surface area contributed by atoms with E-state index < -0.39 is 0 Å². The zero-order chi connectivity index (χ0) is 13.4. The zero-order valence-corrected chi connectivity index (χ0v) is 12.7. The lowest BCUT2D eigenvalue weighted by Crippen LogP contribution is -2.15. The predicted molar refractivity (Wildman–Crippen MR) is 75.7 cm³/mol. The van der Waals surface area contributed by atoms with Gasteiger partial charge in [0.05, 0.1) is 31.9 Å². The zero-order valence-electron chi connectivity index (χ0n) is 11.1. The standard InChI is InChI=1S/C13H20BrNO3/c1-15-5-7-18-6-4-10-8-13(17-3)11(14)9-12(10)16-2/h8-9,15H,4-7H2,1-3H3. The van der Waals surface area contributed by atoms with E-state index in [-0.39, 0.29) is 0 Å². The molecular weight excluding hydrogens is 298 g/mol. The van der Waals surface area contributed by atoms with Crippen LogP contribution < -0.4 is 14.8 Å². The Hall–Kier alpha value is -0.780. The number of likely N-dealkylation sites (N-methyl/N-ethyl adjacent to an activating group) is 1. The lowest BCUT2D eigenvalue weighted by molar-refractivity contribution is 0.140. The minimum Gasteiger partial charge on any atom is -0.496 e. The molecule has 18 heavy (non-hydrogen) atoms. The minimum atomic E-state index is 0.669. The molecule has 0 spiro atoms. The van der Waals surface area contributed by atoms with Crippen LogP contribution in [0, 0.1) is 0 Å². The SMILES string of the molecule is CNCCOCCc1cc(OC)c(Br)cc1OC. The quantitative estimate of drug-likeness (QED) is 0.746. The summed E-state index contributed by atoms with van der Waals surface area (Å²) in [5.74, 6) is 1.65. The molecule has 0 saturated carbocycles. The molecule has 0 aromatic heterocycles. The number of rotatable bonds is 8. The summed E-state index contributed by atoms with van der Waals surface area (Å²) in [6.07, 6.45) is 0.802. The average Bonchev–Trinajstić information content (AvgIpc) is 2.39. The molecule has 0 amide bonds. The molecule has 0 atom stereocenters. The number of methoxy groups -OCH3 is 2. The fraction of sp³-hybridized carbons (Fsp3) is 0.538. The van der Waals surface area contributed by atoms with Gasteiger partial charge in [0.15, 0.2) is 0 Å². The van der Waals surface area contributed by atoms with Crippen LogP contribution in [-0.2, 0) is 11.2 Å². The average molecular weight is 318 g/mol. The van der Waals surface area contributed by atoms with Crippen LogP contribution in [0.15, 0.2) is 16.6 Å². The number of hydrogen-bond acceptors (Lipinski definition) is 4. The summed E-state index contributed by atoms with van der Waals surface area (Å²) in [6, 6.07) is 3.89. The summed E-state index contributed by atoms with van der Waals surface area (Å²) < 4.78 is 17.0. The first-order chi connectivity index (χ1) is 8.72. The smallest absolute Gasteiger partial charge is 0.133 e. The van der Waals surface area contributed by atoms with Gasteiger partial charge in [-0.25, -0.2) is 0 Å². The lowest BCUT2D eigenvalue weighted by atomic mass is 10.1. The monoisotopic (exact) mass is 317 g/mol.